The van der Waals surface area contributed by atoms with Gasteiger partial charge in [0.2, 0.25) is 0 Å². The van der Waals surface area contributed by atoms with Crippen molar-refractivity contribution in [1.82, 2.24) is 15.0 Å². The zero-order chi connectivity index (χ0) is 9.64. The van der Waals surface area contributed by atoms with Crippen molar-refractivity contribution < 1.29 is 0 Å². The van der Waals surface area contributed by atoms with Gasteiger partial charge in [-0.2, -0.15) is 0 Å². The van der Waals surface area contributed by atoms with Crippen molar-refractivity contribution in [3.05, 3.63) is 42.6 Å². The van der Waals surface area contributed by atoms with Gasteiger partial charge in [-0.25, -0.2) is 9.97 Å². The molecule has 0 aliphatic heterocycles. The molecule has 72 valence electrons. The smallest absolute Gasteiger partial charge is 0.129 e. The van der Waals surface area contributed by atoms with Crippen LogP contribution in [-0.2, 0) is 6.42 Å². The fourth-order valence-electron chi connectivity index (χ4n) is 1.21. The van der Waals surface area contributed by atoms with E-state index >= 15 is 0 Å². The lowest BCUT2D eigenvalue weighted by Crippen LogP contribution is -2.07. The highest BCUT2D eigenvalue weighted by atomic mass is 15.0. The second-order valence-electron chi connectivity index (χ2n) is 2.93. The van der Waals surface area contributed by atoms with E-state index in [1.54, 1.807) is 12.4 Å². The average Bonchev–Trinajstić information content (AvgIpc) is 2.72. The number of hydrogen-bond acceptors (Lipinski definition) is 3. The van der Waals surface area contributed by atoms with Crippen LogP contribution in [0.3, 0.4) is 0 Å². The summed E-state index contributed by atoms with van der Waals surface area (Å²) < 4.78 is 0. The maximum atomic E-state index is 4.14. The van der Waals surface area contributed by atoms with Crippen molar-refractivity contribution in [3.8, 4) is 0 Å². The molecule has 0 unspecified atom stereocenters. The Hall–Kier alpha value is -1.84. The Morgan fingerprint density at radius 2 is 2.07 bits per heavy atom. The van der Waals surface area contributed by atoms with Crippen LogP contribution in [0.15, 0.2) is 36.8 Å². The summed E-state index contributed by atoms with van der Waals surface area (Å²) in [5.74, 6) is 1.90. The summed E-state index contributed by atoms with van der Waals surface area (Å²) in [4.78, 5) is 11.3. The van der Waals surface area contributed by atoms with Gasteiger partial charge in [0.1, 0.15) is 11.6 Å². The summed E-state index contributed by atoms with van der Waals surface area (Å²) in [7, 11) is 0. The molecule has 0 aromatic carbocycles. The molecular weight excluding hydrogens is 176 g/mol. The molecule has 0 aliphatic carbocycles. The molecule has 0 atom stereocenters. The van der Waals surface area contributed by atoms with Crippen LogP contribution in [0.5, 0.6) is 0 Å². The lowest BCUT2D eigenvalue weighted by atomic mass is 10.4. The molecule has 4 heteroatoms. The normalized spacial score (nSPS) is 10.0. The van der Waals surface area contributed by atoms with Gasteiger partial charge in [-0.05, 0) is 18.2 Å². The quantitative estimate of drug-likeness (QED) is 0.763. The number of aromatic nitrogens is 3. The fraction of sp³-hybridized carbons (Fsp3) is 0.200. The predicted octanol–water partition coefficient (Wildman–Crippen LogP) is 1.46. The number of nitrogens with zero attached hydrogens (tertiary/aromatic N) is 2. The van der Waals surface area contributed by atoms with E-state index in [-0.39, 0.29) is 0 Å². The topological polar surface area (TPSA) is 53.6 Å². The van der Waals surface area contributed by atoms with Crippen molar-refractivity contribution in [2.24, 2.45) is 0 Å². The lowest BCUT2D eigenvalue weighted by molar-refractivity contribution is 0.891. The van der Waals surface area contributed by atoms with E-state index in [0.717, 1.165) is 24.6 Å². The minimum atomic E-state index is 0.833. The van der Waals surface area contributed by atoms with Crippen molar-refractivity contribution in [2.75, 3.05) is 11.9 Å². The van der Waals surface area contributed by atoms with Gasteiger partial charge in [-0.15, -0.1) is 0 Å². The molecule has 0 saturated carbocycles. The molecule has 0 saturated heterocycles. The van der Waals surface area contributed by atoms with E-state index in [4.69, 9.17) is 0 Å². The Morgan fingerprint density at radius 3 is 2.79 bits per heavy atom. The van der Waals surface area contributed by atoms with Gasteiger partial charge in [0.05, 0.1) is 0 Å². The van der Waals surface area contributed by atoms with Gasteiger partial charge >= 0.3 is 0 Å². The molecule has 2 aromatic heterocycles. The standard InChI is InChI=1S/C10H12N4/c1-3-9(11-5-1)14-8-4-10-12-6-2-7-13-10/h1-3,5-7,11,14H,4,8H2. The molecule has 0 radical (unpaired) electrons. The molecule has 0 bridgehead atoms. The van der Waals surface area contributed by atoms with E-state index in [1.807, 2.05) is 24.4 Å². The molecule has 2 aromatic rings. The van der Waals surface area contributed by atoms with Crippen LogP contribution in [0.25, 0.3) is 0 Å². The minimum absolute atomic E-state index is 0.833. The fourth-order valence-corrected chi connectivity index (χ4v) is 1.21. The summed E-state index contributed by atoms with van der Waals surface area (Å²) in [6.07, 6.45) is 6.25. The van der Waals surface area contributed by atoms with Crippen LogP contribution in [0.1, 0.15) is 5.82 Å². The molecule has 0 fully saturated rings. The molecule has 2 N–H and O–H groups in total. The Kier molecular flexibility index (Phi) is 2.76. The molecule has 0 amide bonds. The van der Waals surface area contributed by atoms with Crippen molar-refractivity contribution in [3.63, 3.8) is 0 Å². The summed E-state index contributed by atoms with van der Waals surface area (Å²) in [6.45, 7) is 0.838. The van der Waals surface area contributed by atoms with Crippen LogP contribution in [0.2, 0.25) is 0 Å². The first-order chi connectivity index (χ1) is 6.95. The van der Waals surface area contributed by atoms with Gasteiger partial charge in [-0.1, -0.05) is 0 Å². The molecule has 0 spiro atoms. The molecule has 2 rings (SSSR count). The van der Waals surface area contributed by atoms with E-state index in [9.17, 15) is 0 Å². The Balaban J connectivity index is 1.79. The highest BCUT2D eigenvalue weighted by Gasteiger charge is 1.94. The molecule has 0 aliphatic rings. The first kappa shape index (κ1) is 8.74. The molecule has 14 heavy (non-hydrogen) atoms. The van der Waals surface area contributed by atoms with Gasteiger partial charge in [0, 0.05) is 31.6 Å². The van der Waals surface area contributed by atoms with Crippen molar-refractivity contribution in [1.29, 1.82) is 0 Å². The van der Waals surface area contributed by atoms with Crippen LogP contribution in [0, 0.1) is 0 Å². The van der Waals surface area contributed by atoms with E-state index in [0.29, 0.717) is 0 Å². The number of nitrogens with one attached hydrogen (secondary N) is 2. The highest BCUT2D eigenvalue weighted by Crippen LogP contribution is 2.00. The predicted molar refractivity (Wildman–Crippen MR) is 55.0 cm³/mol. The lowest BCUT2D eigenvalue weighted by Gasteiger charge is -2.02. The second kappa shape index (κ2) is 4.41. The Labute approximate surface area is 82.4 Å². The third-order valence-electron chi connectivity index (χ3n) is 1.88. The number of aromatic amines is 1. The first-order valence-corrected chi connectivity index (χ1v) is 4.58. The second-order valence-corrected chi connectivity index (χ2v) is 2.93. The SMILES string of the molecule is c1cnc(CCNc2ccc[nH]2)nc1. The number of anilines is 1. The van der Waals surface area contributed by atoms with E-state index in [1.165, 1.54) is 0 Å². The van der Waals surface area contributed by atoms with Gasteiger partial charge < -0.3 is 10.3 Å². The third kappa shape index (κ3) is 2.32. The van der Waals surface area contributed by atoms with Crippen LogP contribution < -0.4 is 5.32 Å². The minimum Gasteiger partial charge on any atom is -0.371 e. The highest BCUT2D eigenvalue weighted by molar-refractivity contribution is 5.33. The van der Waals surface area contributed by atoms with Gasteiger partial charge in [0.15, 0.2) is 0 Å². The maximum Gasteiger partial charge on any atom is 0.129 e. The largest absolute Gasteiger partial charge is 0.371 e. The average molecular weight is 188 g/mol. The molecule has 4 nitrogen and oxygen atoms in total. The maximum absolute atomic E-state index is 4.14. The monoisotopic (exact) mass is 188 g/mol. The van der Waals surface area contributed by atoms with Gasteiger partial charge in [-0.3, -0.25) is 0 Å². The number of hydrogen-bond donors (Lipinski definition) is 2. The molecule has 2 heterocycles. The van der Waals surface area contributed by atoms with Crippen molar-refractivity contribution in [2.45, 2.75) is 6.42 Å². The first-order valence-electron chi connectivity index (χ1n) is 4.58. The van der Waals surface area contributed by atoms with Gasteiger partial charge in [0.25, 0.3) is 0 Å². The Bertz CT molecular complexity index is 355. The summed E-state index contributed by atoms with van der Waals surface area (Å²) in [5, 5.41) is 3.24. The Morgan fingerprint density at radius 1 is 1.21 bits per heavy atom. The van der Waals surface area contributed by atoms with E-state index < -0.39 is 0 Å². The third-order valence-corrected chi connectivity index (χ3v) is 1.88. The zero-order valence-corrected chi connectivity index (χ0v) is 7.77. The zero-order valence-electron chi connectivity index (χ0n) is 7.77. The van der Waals surface area contributed by atoms with E-state index in [2.05, 4.69) is 20.3 Å². The summed E-state index contributed by atoms with van der Waals surface area (Å²) in [6, 6.07) is 5.77. The van der Waals surface area contributed by atoms with Crippen LogP contribution >= 0.6 is 0 Å². The molecular formula is C10H12N4. The summed E-state index contributed by atoms with van der Waals surface area (Å²) >= 11 is 0. The van der Waals surface area contributed by atoms with Crippen LogP contribution in [0.4, 0.5) is 5.82 Å². The van der Waals surface area contributed by atoms with Crippen LogP contribution in [-0.4, -0.2) is 21.5 Å². The van der Waals surface area contributed by atoms with Crippen molar-refractivity contribution >= 4 is 5.82 Å². The number of H-pyrrole nitrogens is 1. The number of rotatable bonds is 4. The summed E-state index contributed by atoms with van der Waals surface area (Å²) in [5.41, 5.74) is 0.